The van der Waals surface area contributed by atoms with Gasteiger partial charge in [0, 0.05) is 26.1 Å². The summed E-state index contributed by atoms with van der Waals surface area (Å²) in [6, 6.07) is 2.05. The molecule has 16 heavy (non-hydrogen) atoms. The third kappa shape index (κ3) is 1.92. The van der Waals surface area contributed by atoms with E-state index in [1.165, 1.54) is 11.5 Å². The molecule has 0 radical (unpaired) electrons. The second-order valence-corrected chi connectivity index (χ2v) is 4.20. The van der Waals surface area contributed by atoms with Crippen molar-refractivity contribution in [3.63, 3.8) is 0 Å². The third-order valence-corrected chi connectivity index (χ3v) is 3.34. The summed E-state index contributed by atoms with van der Waals surface area (Å²) in [5.41, 5.74) is 6.01. The number of nitrogen functional groups attached to an aromatic ring is 1. The van der Waals surface area contributed by atoms with Gasteiger partial charge in [-0.15, -0.1) is 0 Å². The zero-order valence-corrected chi connectivity index (χ0v) is 9.38. The second kappa shape index (κ2) is 4.37. The van der Waals surface area contributed by atoms with Crippen LogP contribution >= 0.6 is 11.5 Å². The zero-order chi connectivity index (χ0) is 11.5. The number of rotatable bonds is 1. The minimum absolute atomic E-state index is 0.0403. The van der Waals surface area contributed by atoms with Gasteiger partial charge in [0.25, 0.3) is 0 Å². The number of carbonyl (C=O) groups excluding carboxylic acids is 1. The van der Waals surface area contributed by atoms with Crippen LogP contribution in [0.2, 0.25) is 0 Å². The monoisotopic (exact) mass is 237 g/mol. The molecule has 0 unspecified atom stereocenters. The van der Waals surface area contributed by atoms with Crippen molar-refractivity contribution in [3.05, 3.63) is 5.56 Å². The summed E-state index contributed by atoms with van der Waals surface area (Å²) in [6.07, 6.45) is 0.433. The highest BCUT2D eigenvalue weighted by molar-refractivity contribution is 7.10. The molecule has 6 nitrogen and oxygen atoms in total. The molecule has 1 aliphatic heterocycles. The third-order valence-electron chi connectivity index (χ3n) is 2.41. The Kier molecular flexibility index (Phi) is 2.92. The van der Waals surface area contributed by atoms with Crippen LogP contribution in [-0.2, 0) is 4.79 Å². The van der Waals surface area contributed by atoms with Gasteiger partial charge in [-0.2, -0.15) is 9.64 Å². The number of hydrogen-bond acceptors (Lipinski definition) is 6. The van der Waals surface area contributed by atoms with E-state index in [9.17, 15) is 4.79 Å². The summed E-state index contributed by atoms with van der Waals surface area (Å²) < 4.78 is 3.96. The Morgan fingerprint density at radius 3 is 3.12 bits per heavy atom. The molecular weight excluding hydrogens is 226 g/mol. The number of nitriles is 1. The van der Waals surface area contributed by atoms with E-state index in [0.717, 1.165) is 5.00 Å². The zero-order valence-electron chi connectivity index (χ0n) is 8.56. The highest BCUT2D eigenvalue weighted by atomic mass is 32.1. The molecule has 0 bridgehead atoms. The molecular formula is C9H11N5OS. The molecule has 7 heteroatoms. The highest BCUT2D eigenvalue weighted by Crippen LogP contribution is 2.29. The molecule has 3 N–H and O–H groups in total. The van der Waals surface area contributed by atoms with Crippen molar-refractivity contribution in [3.8, 4) is 6.07 Å². The maximum Gasteiger partial charge on any atom is 0.221 e. The van der Waals surface area contributed by atoms with E-state index >= 15 is 0 Å². The van der Waals surface area contributed by atoms with Crippen molar-refractivity contribution >= 4 is 28.3 Å². The maximum atomic E-state index is 11.2. The standard InChI is InChI=1S/C9H11N5OS/c10-5-6-8(11)13-16-9(6)14-3-1-7(15)12-2-4-14/h1-4H2,(H2,11,13)(H,12,15). The first-order valence-electron chi connectivity index (χ1n) is 4.89. The van der Waals surface area contributed by atoms with Gasteiger partial charge in [0.2, 0.25) is 5.91 Å². The van der Waals surface area contributed by atoms with Crippen molar-refractivity contribution in [2.24, 2.45) is 0 Å². The van der Waals surface area contributed by atoms with Crippen LogP contribution in [0, 0.1) is 11.3 Å². The van der Waals surface area contributed by atoms with E-state index in [0.29, 0.717) is 31.6 Å². The number of nitrogens with zero attached hydrogens (tertiary/aromatic N) is 3. The van der Waals surface area contributed by atoms with E-state index < -0.39 is 0 Å². The van der Waals surface area contributed by atoms with E-state index in [4.69, 9.17) is 11.0 Å². The Morgan fingerprint density at radius 1 is 1.56 bits per heavy atom. The van der Waals surface area contributed by atoms with E-state index in [-0.39, 0.29) is 11.7 Å². The molecule has 0 spiro atoms. The van der Waals surface area contributed by atoms with Crippen molar-refractivity contribution in [2.45, 2.75) is 6.42 Å². The Morgan fingerprint density at radius 2 is 2.38 bits per heavy atom. The minimum Gasteiger partial charge on any atom is -0.382 e. The molecule has 1 amide bonds. The van der Waals surface area contributed by atoms with Gasteiger partial charge in [0.15, 0.2) is 5.82 Å². The van der Waals surface area contributed by atoms with Gasteiger partial charge >= 0.3 is 0 Å². The lowest BCUT2D eigenvalue weighted by molar-refractivity contribution is -0.120. The summed E-state index contributed by atoms with van der Waals surface area (Å²) >= 11 is 1.21. The van der Waals surface area contributed by atoms with Gasteiger partial charge in [-0.1, -0.05) is 0 Å². The maximum absolute atomic E-state index is 11.2. The van der Waals surface area contributed by atoms with Crippen LogP contribution < -0.4 is 16.0 Å². The van der Waals surface area contributed by atoms with Crippen molar-refractivity contribution in [1.82, 2.24) is 9.69 Å². The Labute approximate surface area is 96.8 Å². The fourth-order valence-corrected chi connectivity index (χ4v) is 2.40. The lowest BCUT2D eigenvalue weighted by Gasteiger charge is -2.19. The molecule has 84 valence electrons. The molecule has 1 aromatic heterocycles. The van der Waals surface area contributed by atoms with Crippen molar-refractivity contribution in [2.75, 3.05) is 30.3 Å². The lowest BCUT2D eigenvalue weighted by Crippen LogP contribution is -2.28. The molecule has 1 aromatic rings. The number of nitrogens with two attached hydrogens (primary N) is 1. The molecule has 0 saturated carbocycles. The summed E-state index contributed by atoms with van der Waals surface area (Å²) in [6.45, 7) is 1.87. The first-order valence-corrected chi connectivity index (χ1v) is 5.66. The van der Waals surface area contributed by atoms with E-state index in [2.05, 4.69) is 9.69 Å². The fraction of sp³-hybridized carbons (Fsp3) is 0.444. The van der Waals surface area contributed by atoms with E-state index in [1.807, 2.05) is 11.0 Å². The first kappa shape index (κ1) is 10.7. The molecule has 0 atom stereocenters. The number of anilines is 2. The molecule has 1 aliphatic rings. The fourth-order valence-electron chi connectivity index (χ4n) is 1.58. The number of amides is 1. The summed E-state index contributed by atoms with van der Waals surface area (Å²) in [5.74, 6) is 0.310. The molecule has 0 aromatic carbocycles. The number of carbonyl (C=O) groups is 1. The largest absolute Gasteiger partial charge is 0.382 e. The van der Waals surface area contributed by atoms with Gasteiger partial charge in [-0.3, -0.25) is 4.79 Å². The Balaban J connectivity index is 2.23. The Hall–Kier alpha value is -1.81. The van der Waals surface area contributed by atoms with Crippen LogP contribution in [0.4, 0.5) is 10.8 Å². The number of nitrogens with one attached hydrogen (secondary N) is 1. The predicted octanol–water partition coefficient (Wildman–Crippen LogP) is -0.0767. The molecule has 0 aliphatic carbocycles. The first-order chi connectivity index (χ1) is 7.72. The van der Waals surface area contributed by atoms with Gasteiger partial charge in [-0.25, -0.2) is 0 Å². The van der Waals surface area contributed by atoms with Gasteiger partial charge in [0.05, 0.1) is 0 Å². The van der Waals surface area contributed by atoms with Gasteiger partial charge in [-0.05, 0) is 11.5 Å². The minimum atomic E-state index is 0.0403. The molecule has 1 fully saturated rings. The van der Waals surface area contributed by atoms with Crippen LogP contribution in [0.5, 0.6) is 0 Å². The highest BCUT2D eigenvalue weighted by Gasteiger charge is 2.20. The smallest absolute Gasteiger partial charge is 0.221 e. The van der Waals surface area contributed by atoms with Crippen LogP contribution in [0.1, 0.15) is 12.0 Å². The average molecular weight is 237 g/mol. The quantitative estimate of drug-likeness (QED) is 0.712. The topological polar surface area (TPSA) is 95.0 Å². The van der Waals surface area contributed by atoms with Crippen molar-refractivity contribution < 1.29 is 4.79 Å². The molecule has 2 heterocycles. The van der Waals surface area contributed by atoms with Crippen LogP contribution in [-0.4, -0.2) is 29.9 Å². The predicted molar refractivity (Wildman–Crippen MR) is 61.1 cm³/mol. The molecule has 2 rings (SSSR count). The summed E-state index contributed by atoms with van der Waals surface area (Å²) in [4.78, 5) is 13.2. The summed E-state index contributed by atoms with van der Waals surface area (Å²) in [7, 11) is 0. The van der Waals surface area contributed by atoms with Gasteiger partial charge < -0.3 is 16.0 Å². The number of aromatic nitrogens is 1. The van der Waals surface area contributed by atoms with Crippen LogP contribution in [0.15, 0.2) is 0 Å². The van der Waals surface area contributed by atoms with Gasteiger partial charge in [0.1, 0.15) is 16.6 Å². The second-order valence-electron chi connectivity index (χ2n) is 3.45. The van der Waals surface area contributed by atoms with E-state index in [1.54, 1.807) is 0 Å². The normalized spacial score (nSPS) is 16.4. The number of hydrogen-bond donors (Lipinski definition) is 2. The molecule has 1 saturated heterocycles. The van der Waals surface area contributed by atoms with Crippen LogP contribution in [0.3, 0.4) is 0 Å². The Bertz CT molecular complexity index is 449. The average Bonchev–Trinajstić information content (AvgIpc) is 2.50. The SMILES string of the molecule is N#Cc1c(N)nsc1N1CCNC(=O)CC1. The van der Waals surface area contributed by atoms with Crippen LogP contribution in [0.25, 0.3) is 0 Å². The summed E-state index contributed by atoms with van der Waals surface area (Å²) in [5, 5.41) is 12.5. The lowest BCUT2D eigenvalue weighted by atomic mass is 10.3. The van der Waals surface area contributed by atoms with Crippen molar-refractivity contribution in [1.29, 1.82) is 5.26 Å².